The fraction of sp³-hybridized carbons (Fsp3) is 0.647. The van der Waals surface area contributed by atoms with Crippen molar-refractivity contribution in [3.8, 4) is 5.75 Å². The van der Waals surface area contributed by atoms with Gasteiger partial charge < -0.3 is 14.8 Å². The Labute approximate surface area is 123 Å². The van der Waals surface area contributed by atoms with E-state index < -0.39 is 0 Å². The number of ether oxygens (including phenoxy) is 2. The molecule has 0 aromatic heterocycles. The lowest BCUT2D eigenvalue weighted by molar-refractivity contribution is 0.0999. The molecule has 1 aromatic rings. The molecular weight excluding hydrogens is 250 g/mol. The highest BCUT2D eigenvalue weighted by Gasteiger charge is 2.18. The minimum atomic E-state index is 0.226. The Kier molecular flexibility index (Phi) is 8.31. The van der Waals surface area contributed by atoms with Crippen molar-refractivity contribution in [2.45, 2.75) is 52.2 Å². The van der Waals surface area contributed by atoms with E-state index in [9.17, 15) is 0 Å². The molecule has 1 rings (SSSR count). The van der Waals surface area contributed by atoms with Crippen LogP contribution >= 0.6 is 0 Å². The predicted molar refractivity (Wildman–Crippen MR) is 84.4 cm³/mol. The van der Waals surface area contributed by atoms with Crippen LogP contribution in [0.25, 0.3) is 0 Å². The molecule has 1 N–H and O–H groups in total. The maximum Gasteiger partial charge on any atom is 0.124 e. The van der Waals surface area contributed by atoms with Crippen molar-refractivity contribution in [1.82, 2.24) is 5.32 Å². The Balaban J connectivity index is 2.87. The van der Waals surface area contributed by atoms with Crippen LogP contribution in [-0.4, -0.2) is 26.4 Å². The van der Waals surface area contributed by atoms with E-state index >= 15 is 0 Å². The van der Waals surface area contributed by atoms with Gasteiger partial charge in [0.1, 0.15) is 5.75 Å². The van der Waals surface area contributed by atoms with Gasteiger partial charge in [0, 0.05) is 18.7 Å². The van der Waals surface area contributed by atoms with Crippen molar-refractivity contribution in [1.29, 1.82) is 0 Å². The Hall–Kier alpha value is -1.06. The number of hydrogen-bond donors (Lipinski definition) is 1. The van der Waals surface area contributed by atoms with Crippen molar-refractivity contribution in [2.24, 2.45) is 0 Å². The van der Waals surface area contributed by atoms with Gasteiger partial charge in [0.05, 0.1) is 12.7 Å². The summed E-state index contributed by atoms with van der Waals surface area (Å²) in [7, 11) is 1.76. The molecule has 0 saturated heterocycles. The zero-order chi connectivity index (χ0) is 14.8. The topological polar surface area (TPSA) is 30.5 Å². The van der Waals surface area contributed by atoms with Gasteiger partial charge in [-0.3, -0.25) is 0 Å². The summed E-state index contributed by atoms with van der Waals surface area (Å²) >= 11 is 0. The number of benzene rings is 1. The first kappa shape index (κ1) is 17.0. The summed E-state index contributed by atoms with van der Waals surface area (Å²) in [6, 6.07) is 8.60. The van der Waals surface area contributed by atoms with Gasteiger partial charge >= 0.3 is 0 Å². The third-order valence-corrected chi connectivity index (χ3v) is 3.37. The van der Waals surface area contributed by atoms with Gasteiger partial charge in [0.2, 0.25) is 0 Å². The summed E-state index contributed by atoms with van der Waals surface area (Å²) in [6.45, 7) is 8.18. The first-order valence-corrected chi connectivity index (χ1v) is 7.70. The summed E-state index contributed by atoms with van der Waals surface area (Å²) < 4.78 is 11.3. The van der Waals surface area contributed by atoms with Gasteiger partial charge in [-0.2, -0.15) is 0 Å². The number of nitrogens with one attached hydrogen (secondary N) is 1. The lowest BCUT2D eigenvalue weighted by atomic mass is 10.00. The summed E-state index contributed by atoms with van der Waals surface area (Å²) in [5, 5.41) is 3.61. The normalized spacial score (nSPS) is 14.0. The Bertz CT molecular complexity index is 368. The van der Waals surface area contributed by atoms with Crippen molar-refractivity contribution in [3.05, 3.63) is 29.8 Å². The van der Waals surface area contributed by atoms with E-state index in [-0.39, 0.29) is 12.1 Å². The SMILES string of the molecule is CCCNC(CC(C)OC)c1ccccc1OCCC. The van der Waals surface area contributed by atoms with Gasteiger partial charge in [0.15, 0.2) is 0 Å². The van der Waals surface area contributed by atoms with Crippen LogP contribution in [0.1, 0.15) is 51.6 Å². The molecule has 0 heterocycles. The first-order chi connectivity index (χ1) is 9.72. The molecule has 0 fully saturated rings. The van der Waals surface area contributed by atoms with E-state index in [1.54, 1.807) is 7.11 Å². The zero-order valence-electron chi connectivity index (χ0n) is 13.3. The standard InChI is InChI=1S/C17H29NO2/c1-5-11-18-16(13-14(3)19-4)15-9-7-8-10-17(15)20-12-6-2/h7-10,14,16,18H,5-6,11-13H2,1-4H3. The molecule has 2 unspecified atom stereocenters. The molecule has 3 nitrogen and oxygen atoms in total. The zero-order valence-corrected chi connectivity index (χ0v) is 13.3. The number of para-hydroxylation sites is 1. The number of hydrogen-bond acceptors (Lipinski definition) is 3. The third-order valence-electron chi connectivity index (χ3n) is 3.37. The van der Waals surface area contributed by atoms with Gasteiger partial charge in [-0.25, -0.2) is 0 Å². The lowest BCUT2D eigenvalue weighted by Crippen LogP contribution is -2.26. The second kappa shape index (κ2) is 9.78. The highest BCUT2D eigenvalue weighted by Crippen LogP contribution is 2.28. The maximum atomic E-state index is 5.88. The molecule has 1 aromatic carbocycles. The van der Waals surface area contributed by atoms with E-state index in [0.29, 0.717) is 0 Å². The Morgan fingerprint density at radius 2 is 1.90 bits per heavy atom. The monoisotopic (exact) mass is 279 g/mol. The highest BCUT2D eigenvalue weighted by atomic mass is 16.5. The molecule has 0 amide bonds. The molecule has 0 radical (unpaired) electrons. The predicted octanol–water partition coefficient (Wildman–Crippen LogP) is 3.94. The first-order valence-electron chi connectivity index (χ1n) is 7.70. The van der Waals surface area contributed by atoms with Crippen molar-refractivity contribution < 1.29 is 9.47 Å². The van der Waals surface area contributed by atoms with Gasteiger partial charge in [-0.15, -0.1) is 0 Å². The van der Waals surface area contributed by atoms with Crippen LogP contribution < -0.4 is 10.1 Å². The van der Waals surface area contributed by atoms with Crippen molar-refractivity contribution in [3.63, 3.8) is 0 Å². The van der Waals surface area contributed by atoms with Crippen LogP contribution in [-0.2, 0) is 4.74 Å². The van der Waals surface area contributed by atoms with Gasteiger partial charge in [0.25, 0.3) is 0 Å². The number of rotatable bonds is 10. The van der Waals surface area contributed by atoms with Crippen LogP contribution in [0.4, 0.5) is 0 Å². The maximum absolute atomic E-state index is 5.88. The molecule has 0 spiro atoms. The molecule has 0 saturated carbocycles. The minimum Gasteiger partial charge on any atom is -0.493 e. The second-order valence-electron chi connectivity index (χ2n) is 5.18. The average molecular weight is 279 g/mol. The quantitative estimate of drug-likeness (QED) is 0.703. The molecule has 0 aliphatic heterocycles. The summed E-state index contributed by atoms with van der Waals surface area (Å²) in [6.07, 6.45) is 3.32. The van der Waals surface area contributed by atoms with Gasteiger partial charge in [-0.1, -0.05) is 32.0 Å². The Morgan fingerprint density at radius 3 is 2.55 bits per heavy atom. The molecular formula is C17H29NO2. The van der Waals surface area contributed by atoms with Crippen LogP contribution in [0, 0.1) is 0 Å². The van der Waals surface area contributed by atoms with Crippen LogP contribution in [0.15, 0.2) is 24.3 Å². The summed E-state index contributed by atoms with van der Waals surface area (Å²) in [5.74, 6) is 0.992. The summed E-state index contributed by atoms with van der Waals surface area (Å²) in [5.41, 5.74) is 1.23. The lowest BCUT2D eigenvalue weighted by Gasteiger charge is -2.24. The third kappa shape index (κ3) is 5.51. The van der Waals surface area contributed by atoms with E-state index in [1.807, 2.05) is 6.07 Å². The largest absolute Gasteiger partial charge is 0.493 e. The molecule has 114 valence electrons. The smallest absolute Gasteiger partial charge is 0.124 e. The minimum absolute atomic E-state index is 0.226. The van der Waals surface area contributed by atoms with E-state index in [0.717, 1.165) is 38.2 Å². The van der Waals surface area contributed by atoms with Crippen molar-refractivity contribution >= 4 is 0 Å². The molecule has 3 heteroatoms. The van der Waals surface area contributed by atoms with Crippen LogP contribution in [0.5, 0.6) is 5.75 Å². The van der Waals surface area contributed by atoms with Crippen LogP contribution in [0.3, 0.4) is 0 Å². The molecule has 0 bridgehead atoms. The highest BCUT2D eigenvalue weighted by molar-refractivity contribution is 5.36. The van der Waals surface area contributed by atoms with Gasteiger partial charge in [-0.05, 0) is 38.8 Å². The molecule has 20 heavy (non-hydrogen) atoms. The number of methoxy groups -OCH3 is 1. The molecule has 0 aliphatic carbocycles. The fourth-order valence-electron chi connectivity index (χ4n) is 2.18. The van der Waals surface area contributed by atoms with E-state index in [1.165, 1.54) is 5.56 Å². The van der Waals surface area contributed by atoms with Crippen LogP contribution in [0.2, 0.25) is 0 Å². The van der Waals surface area contributed by atoms with Crippen molar-refractivity contribution in [2.75, 3.05) is 20.3 Å². The van der Waals surface area contributed by atoms with E-state index in [4.69, 9.17) is 9.47 Å². The second-order valence-corrected chi connectivity index (χ2v) is 5.18. The fourth-order valence-corrected chi connectivity index (χ4v) is 2.18. The molecule has 2 atom stereocenters. The van der Waals surface area contributed by atoms with E-state index in [2.05, 4.69) is 44.3 Å². The Morgan fingerprint density at radius 1 is 1.15 bits per heavy atom. The molecule has 0 aliphatic rings. The summed E-state index contributed by atoms with van der Waals surface area (Å²) in [4.78, 5) is 0. The average Bonchev–Trinajstić information content (AvgIpc) is 2.49.